The average Bonchev–Trinajstić information content (AvgIpc) is 2.90. The van der Waals surface area contributed by atoms with Gasteiger partial charge in [0.05, 0.1) is 18.4 Å². The fraction of sp³-hybridized carbons (Fsp3) is 0.125. The lowest BCUT2D eigenvalue weighted by molar-refractivity contribution is 0.303. The standard InChI is InChI=1S/C16H13ClO3/c1-18-12-4-2-5-13(8-12)19-9-11-10-20-16-14(11)6-3-7-15(16)17/h2-8,10H,9H2,1H3. The summed E-state index contributed by atoms with van der Waals surface area (Å²) >= 11 is 6.08. The number of para-hydroxylation sites is 1. The maximum absolute atomic E-state index is 6.08. The summed E-state index contributed by atoms with van der Waals surface area (Å²) in [7, 11) is 1.63. The Labute approximate surface area is 121 Å². The minimum atomic E-state index is 0.417. The number of fused-ring (bicyclic) bond motifs is 1. The molecule has 3 rings (SSSR count). The average molecular weight is 289 g/mol. The zero-order valence-electron chi connectivity index (χ0n) is 10.9. The van der Waals surface area contributed by atoms with Crippen LogP contribution in [0.5, 0.6) is 11.5 Å². The van der Waals surface area contributed by atoms with Crippen LogP contribution in [-0.4, -0.2) is 7.11 Å². The molecule has 0 N–H and O–H groups in total. The van der Waals surface area contributed by atoms with Gasteiger partial charge in [-0.15, -0.1) is 0 Å². The lowest BCUT2D eigenvalue weighted by atomic mass is 10.2. The van der Waals surface area contributed by atoms with Crippen molar-refractivity contribution in [1.29, 1.82) is 0 Å². The van der Waals surface area contributed by atoms with Crippen LogP contribution in [0.1, 0.15) is 5.56 Å². The molecule has 20 heavy (non-hydrogen) atoms. The molecule has 0 unspecified atom stereocenters. The molecule has 0 bridgehead atoms. The molecule has 1 aromatic heterocycles. The number of furan rings is 1. The van der Waals surface area contributed by atoms with Crippen molar-refractivity contribution in [2.24, 2.45) is 0 Å². The third-order valence-electron chi connectivity index (χ3n) is 3.07. The van der Waals surface area contributed by atoms with Crippen molar-refractivity contribution in [2.75, 3.05) is 7.11 Å². The number of methoxy groups -OCH3 is 1. The highest BCUT2D eigenvalue weighted by Crippen LogP contribution is 2.29. The first-order valence-corrected chi connectivity index (χ1v) is 6.57. The third kappa shape index (κ3) is 2.45. The second-order valence-corrected chi connectivity index (χ2v) is 4.75. The molecule has 0 spiro atoms. The molecular formula is C16H13ClO3. The van der Waals surface area contributed by atoms with Gasteiger partial charge in [-0.2, -0.15) is 0 Å². The largest absolute Gasteiger partial charge is 0.497 e. The summed E-state index contributed by atoms with van der Waals surface area (Å²) in [6, 6.07) is 13.2. The highest BCUT2D eigenvalue weighted by Gasteiger charge is 2.09. The number of hydrogen-bond acceptors (Lipinski definition) is 3. The third-order valence-corrected chi connectivity index (χ3v) is 3.37. The summed E-state index contributed by atoms with van der Waals surface area (Å²) in [6.07, 6.45) is 1.68. The number of ether oxygens (including phenoxy) is 2. The summed E-state index contributed by atoms with van der Waals surface area (Å²) < 4.78 is 16.4. The van der Waals surface area contributed by atoms with Gasteiger partial charge >= 0.3 is 0 Å². The first kappa shape index (κ1) is 12.9. The SMILES string of the molecule is COc1cccc(OCc2coc3c(Cl)cccc23)c1. The lowest BCUT2D eigenvalue weighted by Gasteiger charge is -2.06. The summed E-state index contributed by atoms with van der Waals surface area (Å²) in [4.78, 5) is 0. The molecule has 4 heteroatoms. The first-order valence-electron chi connectivity index (χ1n) is 6.19. The van der Waals surface area contributed by atoms with Gasteiger partial charge in [-0.25, -0.2) is 0 Å². The molecular weight excluding hydrogens is 276 g/mol. The molecule has 0 fully saturated rings. The Morgan fingerprint density at radius 1 is 1.10 bits per heavy atom. The van der Waals surface area contributed by atoms with Crippen LogP contribution in [0, 0.1) is 0 Å². The minimum Gasteiger partial charge on any atom is -0.497 e. The van der Waals surface area contributed by atoms with Crippen LogP contribution < -0.4 is 9.47 Å². The van der Waals surface area contributed by atoms with E-state index in [2.05, 4.69) is 0 Å². The minimum absolute atomic E-state index is 0.417. The Morgan fingerprint density at radius 3 is 2.75 bits per heavy atom. The van der Waals surface area contributed by atoms with Crippen molar-refractivity contribution in [2.45, 2.75) is 6.61 Å². The van der Waals surface area contributed by atoms with Crippen LogP contribution in [0.4, 0.5) is 0 Å². The molecule has 0 saturated heterocycles. The topological polar surface area (TPSA) is 31.6 Å². The molecule has 0 amide bonds. The second kappa shape index (κ2) is 5.47. The smallest absolute Gasteiger partial charge is 0.152 e. The Morgan fingerprint density at radius 2 is 1.90 bits per heavy atom. The van der Waals surface area contributed by atoms with E-state index in [1.165, 1.54) is 0 Å². The van der Waals surface area contributed by atoms with E-state index >= 15 is 0 Å². The zero-order chi connectivity index (χ0) is 13.9. The maximum Gasteiger partial charge on any atom is 0.152 e. The highest BCUT2D eigenvalue weighted by molar-refractivity contribution is 6.34. The molecule has 0 saturated carbocycles. The molecule has 1 heterocycles. The normalized spacial score (nSPS) is 10.7. The van der Waals surface area contributed by atoms with Crippen LogP contribution in [0.15, 0.2) is 53.1 Å². The predicted molar refractivity (Wildman–Crippen MR) is 78.6 cm³/mol. The number of benzene rings is 2. The molecule has 3 aromatic rings. The molecule has 0 atom stereocenters. The van der Waals surface area contributed by atoms with Crippen molar-refractivity contribution in [3.05, 3.63) is 59.3 Å². The molecule has 2 aromatic carbocycles. The van der Waals surface area contributed by atoms with Gasteiger partial charge in [0.25, 0.3) is 0 Å². The molecule has 0 aliphatic rings. The van der Waals surface area contributed by atoms with Crippen molar-refractivity contribution in [3.63, 3.8) is 0 Å². The van der Waals surface area contributed by atoms with Gasteiger partial charge in [0.2, 0.25) is 0 Å². The van der Waals surface area contributed by atoms with Crippen molar-refractivity contribution in [1.82, 2.24) is 0 Å². The highest BCUT2D eigenvalue weighted by atomic mass is 35.5. The molecule has 0 aliphatic carbocycles. The molecule has 102 valence electrons. The molecule has 0 aliphatic heterocycles. The van der Waals surface area contributed by atoms with Gasteiger partial charge < -0.3 is 13.9 Å². The van der Waals surface area contributed by atoms with Crippen LogP contribution in [0.25, 0.3) is 11.0 Å². The molecule has 0 radical (unpaired) electrons. The van der Waals surface area contributed by atoms with E-state index in [1.54, 1.807) is 19.4 Å². The fourth-order valence-corrected chi connectivity index (χ4v) is 2.26. The Kier molecular flexibility index (Phi) is 3.52. The maximum atomic E-state index is 6.08. The van der Waals surface area contributed by atoms with Crippen molar-refractivity contribution in [3.8, 4) is 11.5 Å². The summed E-state index contributed by atoms with van der Waals surface area (Å²) in [5, 5.41) is 1.58. The van der Waals surface area contributed by atoms with E-state index < -0.39 is 0 Å². The number of rotatable bonds is 4. The number of halogens is 1. The van der Waals surface area contributed by atoms with Gasteiger partial charge in [0.15, 0.2) is 5.58 Å². The quantitative estimate of drug-likeness (QED) is 0.699. The molecule has 3 nitrogen and oxygen atoms in total. The van der Waals surface area contributed by atoms with E-state index in [9.17, 15) is 0 Å². The van der Waals surface area contributed by atoms with Crippen LogP contribution in [0.3, 0.4) is 0 Å². The lowest BCUT2D eigenvalue weighted by Crippen LogP contribution is -1.94. The zero-order valence-corrected chi connectivity index (χ0v) is 11.7. The van der Waals surface area contributed by atoms with Gasteiger partial charge in [-0.3, -0.25) is 0 Å². The van der Waals surface area contributed by atoms with E-state index in [1.807, 2.05) is 36.4 Å². The van der Waals surface area contributed by atoms with Gasteiger partial charge in [-0.1, -0.05) is 29.8 Å². The van der Waals surface area contributed by atoms with E-state index in [0.29, 0.717) is 17.2 Å². The van der Waals surface area contributed by atoms with Crippen molar-refractivity contribution >= 4 is 22.6 Å². The summed E-state index contributed by atoms with van der Waals surface area (Å²) in [5.74, 6) is 1.52. The van der Waals surface area contributed by atoms with Crippen molar-refractivity contribution < 1.29 is 13.9 Å². The number of hydrogen-bond donors (Lipinski definition) is 0. The van der Waals surface area contributed by atoms with Crippen LogP contribution in [-0.2, 0) is 6.61 Å². The van der Waals surface area contributed by atoms with Gasteiger partial charge in [0.1, 0.15) is 18.1 Å². The Hall–Kier alpha value is -2.13. The second-order valence-electron chi connectivity index (χ2n) is 4.35. The van der Waals surface area contributed by atoms with Crippen LogP contribution >= 0.6 is 11.6 Å². The van der Waals surface area contributed by atoms with E-state index in [-0.39, 0.29) is 0 Å². The fourth-order valence-electron chi connectivity index (χ4n) is 2.04. The van der Waals surface area contributed by atoms with E-state index in [4.69, 9.17) is 25.5 Å². The Bertz CT molecular complexity index is 733. The summed E-state index contributed by atoms with van der Waals surface area (Å²) in [6.45, 7) is 0.417. The first-order chi connectivity index (χ1) is 9.78. The van der Waals surface area contributed by atoms with E-state index in [0.717, 1.165) is 22.4 Å². The van der Waals surface area contributed by atoms with Gasteiger partial charge in [0, 0.05) is 17.0 Å². The summed E-state index contributed by atoms with van der Waals surface area (Å²) in [5.41, 5.74) is 1.66. The predicted octanol–water partition coefficient (Wildman–Crippen LogP) is 4.67. The monoisotopic (exact) mass is 288 g/mol. The van der Waals surface area contributed by atoms with Crippen LogP contribution in [0.2, 0.25) is 5.02 Å². The Balaban J connectivity index is 1.81. The van der Waals surface area contributed by atoms with Gasteiger partial charge in [-0.05, 0) is 18.2 Å².